The van der Waals surface area contributed by atoms with Gasteiger partial charge in [0.1, 0.15) is 17.6 Å². The van der Waals surface area contributed by atoms with Gasteiger partial charge in [-0.1, -0.05) is 34.1 Å². The molecular formula is C15H12BrFN2O. The highest BCUT2D eigenvalue weighted by Gasteiger charge is 2.16. The Kier molecular flexibility index (Phi) is 4.59. The average Bonchev–Trinajstić information content (AvgIpc) is 2.46. The lowest BCUT2D eigenvalue weighted by Crippen LogP contribution is -2.11. The summed E-state index contributed by atoms with van der Waals surface area (Å²) in [5, 5.41) is 12.2. The van der Waals surface area contributed by atoms with Crippen LogP contribution >= 0.6 is 15.9 Å². The number of nitriles is 1. The molecule has 0 bridgehead atoms. The van der Waals surface area contributed by atoms with Crippen molar-refractivity contribution in [2.45, 2.75) is 6.04 Å². The van der Waals surface area contributed by atoms with Gasteiger partial charge in [0.25, 0.3) is 0 Å². The number of halogens is 2. The van der Waals surface area contributed by atoms with Crippen molar-refractivity contribution in [3.8, 4) is 11.8 Å². The van der Waals surface area contributed by atoms with Gasteiger partial charge in [0.2, 0.25) is 0 Å². The van der Waals surface area contributed by atoms with Crippen LogP contribution in [0.25, 0.3) is 0 Å². The van der Waals surface area contributed by atoms with E-state index in [1.54, 1.807) is 31.4 Å². The van der Waals surface area contributed by atoms with E-state index < -0.39 is 11.9 Å². The summed E-state index contributed by atoms with van der Waals surface area (Å²) in [6.45, 7) is 0. The number of ether oxygens (including phenoxy) is 1. The van der Waals surface area contributed by atoms with Gasteiger partial charge in [0.05, 0.1) is 18.9 Å². The third-order valence-corrected chi connectivity index (χ3v) is 3.30. The molecule has 5 heteroatoms. The summed E-state index contributed by atoms with van der Waals surface area (Å²) >= 11 is 3.19. The van der Waals surface area contributed by atoms with E-state index in [1.807, 2.05) is 12.1 Å². The number of methoxy groups -OCH3 is 1. The Morgan fingerprint density at radius 3 is 2.70 bits per heavy atom. The number of hydrogen-bond donors (Lipinski definition) is 1. The van der Waals surface area contributed by atoms with Gasteiger partial charge >= 0.3 is 0 Å². The minimum absolute atomic E-state index is 0.293. The highest BCUT2D eigenvalue weighted by atomic mass is 79.9. The highest BCUT2D eigenvalue weighted by Crippen LogP contribution is 2.29. The summed E-state index contributed by atoms with van der Waals surface area (Å²) in [5.74, 6) is 0.165. The zero-order valence-electron chi connectivity index (χ0n) is 10.7. The van der Waals surface area contributed by atoms with Gasteiger partial charge in [0.15, 0.2) is 0 Å². The highest BCUT2D eigenvalue weighted by molar-refractivity contribution is 9.10. The molecule has 0 aliphatic heterocycles. The zero-order valence-corrected chi connectivity index (χ0v) is 12.3. The lowest BCUT2D eigenvalue weighted by atomic mass is 10.1. The van der Waals surface area contributed by atoms with Crippen LogP contribution in [0.5, 0.6) is 5.75 Å². The van der Waals surface area contributed by atoms with Crippen molar-refractivity contribution in [3.05, 3.63) is 58.3 Å². The number of para-hydroxylation sites is 2. The summed E-state index contributed by atoms with van der Waals surface area (Å²) < 4.78 is 19.8. The fourth-order valence-electron chi connectivity index (χ4n) is 1.83. The number of rotatable bonds is 4. The van der Waals surface area contributed by atoms with Gasteiger partial charge in [-0.2, -0.15) is 5.26 Å². The Balaban J connectivity index is 2.32. The first-order valence-electron chi connectivity index (χ1n) is 5.90. The molecule has 0 radical (unpaired) electrons. The SMILES string of the molecule is COc1ccccc1NC(C#N)c1ccc(Br)cc1F. The van der Waals surface area contributed by atoms with E-state index in [0.29, 0.717) is 21.5 Å². The van der Waals surface area contributed by atoms with Gasteiger partial charge in [-0.3, -0.25) is 0 Å². The Morgan fingerprint density at radius 1 is 1.30 bits per heavy atom. The topological polar surface area (TPSA) is 45.0 Å². The minimum Gasteiger partial charge on any atom is -0.495 e. The van der Waals surface area contributed by atoms with E-state index in [1.165, 1.54) is 6.07 Å². The monoisotopic (exact) mass is 334 g/mol. The van der Waals surface area contributed by atoms with Crippen LogP contribution in [0.3, 0.4) is 0 Å². The fraction of sp³-hybridized carbons (Fsp3) is 0.133. The maximum absolute atomic E-state index is 13.9. The Hall–Kier alpha value is -2.06. The summed E-state index contributed by atoms with van der Waals surface area (Å²) in [5.41, 5.74) is 0.936. The molecule has 1 N–H and O–H groups in total. The number of benzene rings is 2. The normalized spacial score (nSPS) is 11.5. The molecule has 2 rings (SSSR count). The standard InChI is InChI=1S/C15H12BrFN2O/c1-20-15-5-3-2-4-13(15)19-14(9-18)11-7-6-10(16)8-12(11)17/h2-8,14,19H,1H3. The molecule has 0 saturated carbocycles. The molecule has 20 heavy (non-hydrogen) atoms. The Morgan fingerprint density at radius 2 is 2.05 bits per heavy atom. The molecule has 102 valence electrons. The molecule has 0 amide bonds. The van der Waals surface area contributed by atoms with Crippen molar-refractivity contribution in [3.63, 3.8) is 0 Å². The second-order valence-corrected chi connectivity index (χ2v) is 4.99. The van der Waals surface area contributed by atoms with Crippen molar-refractivity contribution in [2.24, 2.45) is 0 Å². The molecule has 0 saturated heterocycles. The molecular weight excluding hydrogens is 323 g/mol. The number of nitrogens with one attached hydrogen (secondary N) is 1. The van der Waals surface area contributed by atoms with Crippen LogP contribution in [-0.4, -0.2) is 7.11 Å². The van der Waals surface area contributed by atoms with E-state index >= 15 is 0 Å². The molecule has 2 aromatic rings. The third kappa shape index (κ3) is 3.09. The van der Waals surface area contributed by atoms with E-state index in [0.717, 1.165) is 0 Å². The van der Waals surface area contributed by atoms with Crippen molar-refractivity contribution in [1.29, 1.82) is 5.26 Å². The smallest absolute Gasteiger partial charge is 0.143 e. The quantitative estimate of drug-likeness (QED) is 0.907. The van der Waals surface area contributed by atoms with Crippen molar-refractivity contribution < 1.29 is 9.13 Å². The van der Waals surface area contributed by atoms with E-state index in [9.17, 15) is 9.65 Å². The first-order chi connectivity index (χ1) is 9.65. The minimum atomic E-state index is -0.792. The summed E-state index contributed by atoms with van der Waals surface area (Å²) in [4.78, 5) is 0. The molecule has 0 fully saturated rings. The maximum atomic E-state index is 13.9. The van der Waals surface area contributed by atoms with Gasteiger partial charge in [-0.15, -0.1) is 0 Å². The second-order valence-electron chi connectivity index (χ2n) is 4.07. The number of hydrogen-bond acceptors (Lipinski definition) is 3. The molecule has 2 aromatic carbocycles. The fourth-order valence-corrected chi connectivity index (χ4v) is 2.17. The van der Waals surface area contributed by atoms with E-state index in [-0.39, 0.29) is 0 Å². The first-order valence-corrected chi connectivity index (χ1v) is 6.69. The van der Waals surface area contributed by atoms with Crippen LogP contribution in [0.4, 0.5) is 10.1 Å². The van der Waals surface area contributed by atoms with Crippen LogP contribution in [0.1, 0.15) is 11.6 Å². The van der Waals surface area contributed by atoms with Crippen LogP contribution in [0.2, 0.25) is 0 Å². The molecule has 1 unspecified atom stereocenters. The summed E-state index contributed by atoms with van der Waals surface area (Å²) in [7, 11) is 1.54. The van der Waals surface area contributed by atoms with E-state index in [4.69, 9.17) is 4.74 Å². The summed E-state index contributed by atoms with van der Waals surface area (Å²) in [6.07, 6.45) is 0. The maximum Gasteiger partial charge on any atom is 0.143 e. The number of nitrogens with zero attached hydrogens (tertiary/aromatic N) is 1. The Bertz CT molecular complexity index is 655. The molecule has 0 aliphatic rings. The van der Waals surface area contributed by atoms with Crippen molar-refractivity contribution in [1.82, 2.24) is 0 Å². The lowest BCUT2D eigenvalue weighted by Gasteiger charge is -2.16. The van der Waals surface area contributed by atoms with Gasteiger partial charge in [-0.05, 0) is 24.3 Å². The van der Waals surface area contributed by atoms with Gasteiger partial charge in [-0.25, -0.2) is 4.39 Å². The summed E-state index contributed by atoms with van der Waals surface area (Å²) in [6, 6.07) is 13.1. The Labute approximate surface area is 125 Å². The molecule has 0 aliphatic carbocycles. The predicted octanol–water partition coefficient (Wildman–Crippen LogP) is 4.27. The predicted molar refractivity (Wildman–Crippen MR) is 79.1 cm³/mol. The molecule has 0 spiro atoms. The van der Waals surface area contributed by atoms with Gasteiger partial charge in [0, 0.05) is 10.0 Å². The van der Waals surface area contributed by atoms with Crippen LogP contribution in [-0.2, 0) is 0 Å². The second kappa shape index (κ2) is 6.40. The third-order valence-electron chi connectivity index (χ3n) is 2.81. The van der Waals surface area contributed by atoms with E-state index in [2.05, 4.69) is 27.3 Å². The van der Waals surface area contributed by atoms with Crippen LogP contribution < -0.4 is 10.1 Å². The number of anilines is 1. The van der Waals surface area contributed by atoms with Crippen LogP contribution in [0, 0.1) is 17.1 Å². The van der Waals surface area contributed by atoms with Crippen molar-refractivity contribution in [2.75, 3.05) is 12.4 Å². The van der Waals surface area contributed by atoms with Gasteiger partial charge < -0.3 is 10.1 Å². The van der Waals surface area contributed by atoms with Crippen molar-refractivity contribution >= 4 is 21.6 Å². The molecule has 3 nitrogen and oxygen atoms in total. The molecule has 0 aromatic heterocycles. The zero-order chi connectivity index (χ0) is 14.5. The van der Waals surface area contributed by atoms with Crippen LogP contribution in [0.15, 0.2) is 46.9 Å². The first kappa shape index (κ1) is 14.4. The molecule has 1 atom stereocenters. The lowest BCUT2D eigenvalue weighted by molar-refractivity contribution is 0.416. The molecule has 0 heterocycles. The largest absolute Gasteiger partial charge is 0.495 e. The average molecular weight is 335 g/mol.